The van der Waals surface area contributed by atoms with Crippen molar-refractivity contribution in [2.75, 3.05) is 26.3 Å². The smallest absolute Gasteiger partial charge is 0.329 e. The van der Waals surface area contributed by atoms with Gasteiger partial charge in [0.2, 0.25) is 5.91 Å². The molecule has 0 aromatic carbocycles. The van der Waals surface area contributed by atoms with Gasteiger partial charge in [0.05, 0.1) is 0 Å². The van der Waals surface area contributed by atoms with E-state index in [9.17, 15) is 19.5 Å². The Kier molecular flexibility index (Phi) is 5.11. The maximum Gasteiger partial charge on any atom is 0.329 e. The second kappa shape index (κ2) is 6.37. The van der Waals surface area contributed by atoms with Gasteiger partial charge in [-0.2, -0.15) is 0 Å². The average Bonchev–Trinajstić information content (AvgIpc) is 2.36. The van der Waals surface area contributed by atoms with Crippen molar-refractivity contribution in [2.24, 2.45) is 5.73 Å². The number of nitrogens with one attached hydrogen (secondary N) is 1. The van der Waals surface area contributed by atoms with Crippen LogP contribution >= 0.6 is 0 Å². The highest BCUT2D eigenvalue weighted by Crippen LogP contribution is 2.21. The number of amides is 3. The number of carboxylic acid groups (broad SMARTS) is 1. The standard InChI is InChI=1S/C11H19N3O5/c1-2-14(7-8(12)15)10(18)13-11(9(16)17)3-5-19-6-4-11/h2-7H2,1H3,(H2,12,15)(H,13,18)(H,16,17). The number of hydrogen-bond donors (Lipinski definition) is 3. The maximum atomic E-state index is 12.0. The van der Waals surface area contributed by atoms with E-state index in [1.54, 1.807) is 6.92 Å². The molecule has 19 heavy (non-hydrogen) atoms. The van der Waals surface area contributed by atoms with Crippen molar-refractivity contribution in [2.45, 2.75) is 25.3 Å². The van der Waals surface area contributed by atoms with E-state index >= 15 is 0 Å². The van der Waals surface area contributed by atoms with Crippen LogP contribution < -0.4 is 11.1 Å². The molecule has 0 spiro atoms. The zero-order valence-corrected chi connectivity index (χ0v) is 10.8. The molecule has 4 N–H and O–H groups in total. The molecule has 1 aliphatic heterocycles. The summed E-state index contributed by atoms with van der Waals surface area (Å²) < 4.78 is 5.11. The fourth-order valence-electron chi connectivity index (χ4n) is 1.91. The first kappa shape index (κ1) is 15.2. The number of carbonyl (C=O) groups excluding carboxylic acids is 2. The first-order chi connectivity index (χ1) is 8.91. The van der Waals surface area contributed by atoms with E-state index in [-0.39, 0.29) is 39.1 Å². The predicted octanol–water partition coefficient (Wildman–Crippen LogP) is -0.863. The van der Waals surface area contributed by atoms with E-state index < -0.39 is 23.4 Å². The number of aliphatic carboxylic acids is 1. The Labute approximate surface area is 110 Å². The molecule has 0 atom stereocenters. The Bertz CT molecular complexity index is 365. The molecular formula is C11H19N3O5. The van der Waals surface area contributed by atoms with E-state index in [4.69, 9.17) is 10.5 Å². The molecule has 108 valence electrons. The van der Waals surface area contributed by atoms with Crippen LogP contribution in [0.25, 0.3) is 0 Å². The Hall–Kier alpha value is -1.83. The van der Waals surface area contributed by atoms with Gasteiger partial charge in [-0.15, -0.1) is 0 Å². The van der Waals surface area contributed by atoms with Gasteiger partial charge in [-0.3, -0.25) is 4.79 Å². The second-order valence-corrected chi connectivity index (χ2v) is 4.41. The fourth-order valence-corrected chi connectivity index (χ4v) is 1.91. The van der Waals surface area contributed by atoms with Crippen LogP contribution in [-0.4, -0.2) is 59.8 Å². The minimum absolute atomic E-state index is 0.197. The number of primary amides is 1. The molecule has 1 saturated heterocycles. The molecule has 8 nitrogen and oxygen atoms in total. The third kappa shape index (κ3) is 3.82. The van der Waals surface area contributed by atoms with E-state index in [0.717, 1.165) is 0 Å². The lowest BCUT2D eigenvalue weighted by Crippen LogP contribution is -2.60. The first-order valence-electron chi connectivity index (χ1n) is 6.08. The Morgan fingerprint density at radius 2 is 1.95 bits per heavy atom. The van der Waals surface area contributed by atoms with Crippen LogP contribution in [0.1, 0.15) is 19.8 Å². The minimum Gasteiger partial charge on any atom is -0.480 e. The van der Waals surface area contributed by atoms with Crippen LogP contribution in [0.5, 0.6) is 0 Å². The number of rotatable bonds is 5. The number of hydrogen-bond acceptors (Lipinski definition) is 4. The second-order valence-electron chi connectivity index (χ2n) is 4.41. The monoisotopic (exact) mass is 273 g/mol. The minimum atomic E-state index is -1.33. The highest BCUT2D eigenvalue weighted by atomic mass is 16.5. The summed E-state index contributed by atoms with van der Waals surface area (Å²) in [6, 6.07) is -0.606. The molecule has 1 aliphatic rings. The lowest BCUT2D eigenvalue weighted by atomic mass is 9.90. The van der Waals surface area contributed by atoms with Gasteiger partial charge in [0.15, 0.2) is 0 Å². The molecule has 0 unspecified atom stereocenters. The van der Waals surface area contributed by atoms with Gasteiger partial charge in [0.1, 0.15) is 12.1 Å². The van der Waals surface area contributed by atoms with Gasteiger partial charge in [0.25, 0.3) is 0 Å². The van der Waals surface area contributed by atoms with Crippen molar-refractivity contribution in [3.8, 4) is 0 Å². The van der Waals surface area contributed by atoms with Crippen molar-refractivity contribution in [3.63, 3.8) is 0 Å². The highest BCUT2D eigenvalue weighted by molar-refractivity contribution is 5.88. The van der Waals surface area contributed by atoms with Gasteiger partial charge in [-0.25, -0.2) is 9.59 Å². The third-order valence-corrected chi connectivity index (χ3v) is 3.12. The van der Waals surface area contributed by atoms with Crippen molar-refractivity contribution in [1.29, 1.82) is 0 Å². The van der Waals surface area contributed by atoms with Crippen molar-refractivity contribution >= 4 is 17.9 Å². The van der Waals surface area contributed by atoms with Gasteiger partial charge < -0.3 is 25.8 Å². The molecule has 0 aliphatic carbocycles. The predicted molar refractivity (Wildman–Crippen MR) is 65.4 cm³/mol. The van der Waals surface area contributed by atoms with Gasteiger partial charge in [-0.05, 0) is 6.92 Å². The lowest BCUT2D eigenvalue weighted by Gasteiger charge is -2.35. The van der Waals surface area contributed by atoms with Crippen molar-refractivity contribution in [1.82, 2.24) is 10.2 Å². The van der Waals surface area contributed by atoms with Crippen LogP contribution in [0.15, 0.2) is 0 Å². The molecule has 1 rings (SSSR count). The number of likely N-dealkylation sites (N-methyl/N-ethyl adjacent to an activating group) is 1. The van der Waals surface area contributed by atoms with E-state index in [0.29, 0.717) is 0 Å². The molecule has 0 bridgehead atoms. The number of carboxylic acids is 1. The normalized spacial score (nSPS) is 17.5. The summed E-state index contributed by atoms with van der Waals surface area (Å²) in [4.78, 5) is 35.4. The van der Waals surface area contributed by atoms with E-state index in [1.165, 1.54) is 4.90 Å². The zero-order chi connectivity index (χ0) is 14.5. The van der Waals surface area contributed by atoms with Crippen LogP contribution in [-0.2, 0) is 14.3 Å². The number of nitrogens with zero attached hydrogens (tertiary/aromatic N) is 1. The van der Waals surface area contributed by atoms with Crippen LogP contribution in [0.4, 0.5) is 4.79 Å². The van der Waals surface area contributed by atoms with E-state index in [2.05, 4.69) is 5.32 Å². The summed E-state index contributed by atoms with van der Waals surface area (Å²) >= 11 is 0. The largest absolute Gasteiger partial charge is 0.480 e. The SMILES string of the molecule is CCN(CC(N)=O)C(=O)NC1(C(=O)O)CCOCC1. The number of ether oxygens (including phenoxy) is 1. The summed E-state index contributed by atoms with van der Waals surface area (Å²) in [7, 11) is 0. The van der Waals surface area contributed by atoms with E-state index in [1.807, 2.05) is 0 Å². The molecule has 3 amide bonds. The zero-order valence-electron chi connectivity index (χ0n) is 10.8. The topological polar surface area (TPSA) is 122 Å². The molecule has 1 fully saturated rings. The molecule has 1 heterocycles. The summed E-state index contributed by atoms with van der Waals surface area (Å²) in [5.41, 5.74) is 3.70. The maximum absolute atomic E-state index is 12.0. The molecule has 8 heteroatoms. The summed E-state index contributed by atoms with van der Waals surface area (Å²) in [5.74, 6) is -1.74. The molecular weight excluding hydrogens is 254 g/mol. The molecule has 0 saturated carbocycles. The Balaban J connectivity index is 2.75. The molecule has 0 aromatic heterocycles. The molecule has 0 aromatic rings. The lowest BCUT2D eigenvalue weighted by molar-refractivity contribution is -0.148. The molecule has 0 radical (unpaired) electrons. The summed E-state index contributed by atoms with van der Waals surface area (Å²) in [5, 5.41) is 11.8. The van der Waals surface area contributed by atoms with Crippen LogP contribution in [0, 0.1) is 0 Å². The quantitative estimate of drug-likeness (QED) is 0.601. The number of carbonyl (C=O) groups is 3. The van der Waals surface area contributed by atoms with Gasteiger partial charge >= 0.3 is 12.0 Å². The fraction of sp³-hybridized carbons (Fsp3) is 0.727. The van der Waals surface area contributed by atoms with Crippen LogP contribution in [0.2, 0.25) is 0 Å². The summed E-state index contributed by atoms with van der Waals surface area (Å²) in [6.45, 7) is 2.25. The van der Waals surface area contributed by atoms with Gasteiger partial charge in [-0.1, -0.05) is 0 Å². The highest BCUT2D eigenvalue weighted by Gasteiger charge is 2.42. The van der Waals surface area contributed by atoms with Crippen LogP contribution in [0.3, 0.4) is 0 Å². The number of urea groups is 1. The summed E-state index contributed by atoms with van der Waals surface area (Å²) in [6.07, 6.45) is 0.393. The number of nitrogens with two attached hydrogens (primary N) is 1. The third-order valence-electron chi connectivity index (χ3n) is 3.12. The van der Waals surface area contributed by atoms with Crippen molar-refractivity contribution < 1.29 is 24.2 Å². The average molecular weight is 273 g/mol. The van der Waals surface area contributed by atoms with Gasteiger partial charge in [0, 0.05) is 32.6 Å². The first-order valence-corrected chi connectivity index (χ1v) is 6.08. The Morgan fingerprint density at radius 3 is 2.37 bits per heavy atom. The Morgan fingerprint density at radius 1 is 1.37 bits per heavy atom. The van der Waals surface area contributed by atoms with Crippen molar-refractivity contribution in [3.05, 3.63) is 0 Å².